The molecular formula is C9H7BrN2O2S2. The van der Waals surface area contributed by atoms with Crippen LogP contribution in [0.4, 0.5) is 5.00 Å². The number of ether oxygens (including phenoxy) is 1. The van der Waals surface area contributed by atoms with Gasteiger partial charge in [-0.3, -0.25) is 0 Å². The lowest BCUT2D eigenvalue weighted by atomic mass is 10.3. The van der Waals surface area contributed by atoms with Crippen molar-refractivity contribution in [2.75, 3.05) is 12.8 Å². The fraction of sp³-hybridized carbons (Fsp3) is 0.111. The number of anilines is 1. The van der Waals surface area contributed by atoms with E-state index in [0.717, 1.165) is 14.4 Å². The number of esters is 1. The summed E-state index contributed by atoms with van der Waals surface area (Å²) in [6.07, 6.45) is 0. The Labute approximate surface area is 108 Å². The van der Waals surface area contributed by atoms with Crippen LogP contribution in [0.1, 0.15) is 10.5 Å². The number of nitrogens with two attached hydrogens (primary N) is 1. The molecule has 2 rings (SSSR count). The van der Waals surface area contributed by atoms with Crippen LogP contribution >= 0.6 is 38.6 Å². The Bertz CT molecular complexity index is 535. The van der Waals surface area contributed by atoms with Gasteiger partial charge in [0.2, 0.25) is 0 Å². The Hall–Kier alpha value is -0.920. The predicted octanol–water partition coefficient (Wildman–Crippen LogP) is 3.00. The highest BCUT2D eigenvalue weighted by atomic mass is 79.9. The summed E-state index contributed by atoms with van der Waals surface area (Å²) in [6.45, 7) is 0. The number of nitrogen functional groups attached to an aromatic ring is 1. The lowest BCUT2D eigenvalue weighted by molar-refractivity contribution is 0.0596. The van der Waals surface area contributed by atoms with Crippen molar-refractivity contribution in [3.05, 3.63) is 20.9 Å². The van der Waals surface area contributed by atoms with Crippen LogP contribution in [0.15, 0.2) is 15.2 Å². The Morgan fingerprint density at radius 2 is 2.38 bits per heavy atom. The third-order valence-electron chi connectivity index (χ3n) is 1.85. The number of carbonyl (C=O) groups excluding carboxylic acids is 1. The summed E-state index contributed by atoms with van der Waals surface area (Å²) in [6, 6.07) is 1.93. The standard InChI is InChI=1S/C9H7BrN2O2S2/c1-14-9(13)6-7(11)16-8(12-6)4-2-5(10)15-3-4/h2-3H,11H2,1H3. The van der Waals surface area contributed by atoms with Crippen molar-refractivity contribution in [2.24, 2.45) is 0 Å². The van der Waals surface area contributed by atoms with Gasteiger partial charge >= 0.3 is 5.97 Å². The molecule has 0 bridgehead atoms. The highest BCUT2D eigenvalue weighted by molar-refractivity contribution is 9.11. The van der Waals surface area contributed by atoms with Crippen LogP contribution in [0.25, 0.3) is 10.6 Å². The van der Waals surface area contributed by atoms with Crippen molar-refractivity contribution < 1.29 is 9.53 Å². The van der Waals surface area contributed by atoms with Crippen molar-refractivity contribution in [2.45, 2.75) is 0 Å². The van der Waals surface area contributed by atoms with E-state index >= 15 is 0 Å². The number of nitrogens with zero attached hydrogens (tertiary/aromatic N) is 1. The highest BCUT2D eigenvalue weighted by Crippen LogP contribution is 2.34. The maximum Gasteiger partial charge on any atom is 0.359 e. The highest BCUT2D eigenvalue weighted by Gasteiger charge is 2.17. The SMILES string of the molecule is COC(=O)c1nc(-c2csc(Br)c2)sc1N. The molecule has 0 atom stereocenters. The first-order valence-electron chi connectivity index (χ1n) is 4.21. The first-order valence-corrected chi connectivity index (χ1v) is 6.69. The van der Waals surface area contributed by atoms with Gasteiger partial charge in [-0.1, -0.05) is 11.3 Å². The fourth-order valence-corrected chi connectivity index (χ4v) is 3.14. The van der Waals surface area contributed by atoms with Gasteiger partial charge in [0.15, 0.2) is 5.69 Å². The Morgan fingerprint density at radius 3 is 2.94 bits per heavy atom. The van der Waals surface area contributed by atoms with Crippen molar-refractivity contribution in [3.8, 4) is 10.6 Å². The monoisotopic (exact) mass is 318 g/mol. The van der Waals surface area contributed by atoms with E-state index in [4.69, 9.17) is 5.73 Å². The number of carbonyl (C=O) groups is 1. The molecule has 0 saturated heterocycles. The molecule has 7 heteroatoms. The normalized spacial score (nSPS) is 10.4. The van der Waals surface area contributed by atoms with Gasteiger partial charge in [0.05, 0.1) is 10.9 Å². The molecule has 0 aliphatic rings. The summed E-state index contributed by atoms with van der Waals surface area (Å²) in [4.78, 5) is 15.5. The third kappa shape index (κ3) is 2.11. The molecule has 0 saturated carbocycles. The van der Waals surface area contributed by atoms with Crippen LogP contribution in [0.5, 0.6) is 0 Å². The van der Waals surface area contributed by atoms with Gasteiger partial charge in [0, 0.05) is 10.9 Å². The number of methoxy groups -OCH3 is 1. The molecule has 0 fully saturated rings. The van der Waals surface area contributed by atoms with Crippen LogP contribution in [0.2, 0.25) is 0 Å². The Balaban J connectivity index is 2.41. The zero-order chi connectivity index (χ0) is 11.7. The molecule has 16 heavy (non-hydrogen) atoms. The van der Waals surface area contributed by atoms with Crippen molar-refractivity contribution in [1.82, 2.24) is 4.98 Å². The van der Waals surface area contributed by atoms with Crippen LogP contribution in [0.3, 0.4) is 0 Å². The number of thiophene rings is 1. The van der Waals surface area contributed by atoms with Gasteiger partial charge < -0.3 is 10.5 Å². The fourth-order valence-electron chi connectivity index (χ4n) is 1.12. The largest absolute Gasteiger partial charge is 0.464 e. The van der Waals surface area contributed by atoms with Crippen LogP contribution in [0, 0.1) is 0 Å². The van der Waals surface area contributed by atoms with E-state index in [1.165, 1.54) is 18.4 Å². The van der Waals surface area contributed by atoms with Crippen molar-refractivity contribution in [1.29, 1.82) is 0 Å². The van der Waals surface area contributed by atoms with Gasteiger partial charge in [-0.05, 0) is 22.0 Å². The minimum Gasteiger partial charge on any atom is -0.464 e. The predicted molar refractivity (Wildman–Crippen MR) is 68.9 cm³/mol. The van der Waals surface area contributed by atoms with E-state index in [1.54, 1.807) is 11.3 Å². The topological polar surface area (TPSA) is 65.2 Å². The van der Waals surface area contributed by atoms with E-state index in [9.17, 15) is 4.79 Å². The smallest absolute Gasteiger partial charge is 0.359 e. The Kier molecular flexibility index (Phi) is 3.27. The lowest BCUT2D eigenvalue weighted by Crippen LogP contribution is -2.04. The quantitative estimate of drug-likeness (QED) is 0.864. The number of halogens is 1. The lowest BCUT2D eigenvalue weighted by Gasteiger charge is -1.93. The number of hydrogen-bond acceptors (Lipinski definition) is 6. The molecule has 2 aromatic heterocycles. The molecule has 0 aliphatic heterocycles. The third-order valence-corrected chi connectivity index (χ3v) is 4.28. The number of hydrogen-bond donors (Lipinski definition) is 1. The van der Waals surface area contributed by atoms with Crippen LogP contribution in [-0.2, 0) is 4.74 Å². The van der Waals surface area contributed by atoms with Crippen LogP contribution < -0.4 is 5.73 Å². The first kappa shape index (κ1) is 11.6. The first-order chi connectivity index (χ1) is 7.61. The molecule has 2 N–H and O–H groups in total. The van der Waals surface area contributed by atoms with E-state index in [2.05, 4.69) is 25.7 Å². The minimum absolute atomic E-state index is 0.185. The Morgan fingerprint density at radius 1 is 1.62 bits per heavy atom. The van der Waals surface area contributed by atoms with Gasteiger partial charge in [-0.25, -0.2) is 9.78 Å². The van der Waals surface area contributed by atoms with Gasteiger partial charge in [-0.2, -0.15) is 0 Å². The summed E-state index contributed by atoms with van der Waals surface area (Å²) >= 11 is 6.20. The van der Waals surface area contributed by atoms with Gasteiger partial charge in [0.1, 0.15) is 10.0 Å². The van der Waals surface area contributed by atoms with Crippen LogP contribution in [-0.4, -0.2) is 18.1 Å². The molecule has 0 unspecified atom stereocenters. The molecule has 0 radical (unpaired) electrons. The molecular weight excluding hydrogens is 312 g/mol. The van der Waals surface area contributed by atoms with E-state index in [-0.39, 0.29) is 5.69 Å². The summed E-state index contributed by atoms with van der Waals surface area (Å²) in [7, 11) is 1.31. The molecule has 0 spiro atoms. The summed E-state index contributed by atoms with van der Waals surface area (Å²) < 4.78 is 5.60. The number of aromatic nitrogens is 1. The minimum atomic E-state index is -0.505. The average Bonchev–Trinajstić information content (AvgIpc) is 2.83. The second kappa shape index (κ2) is 4.52. The van der Waals surface area contributed by atoms with E-state index in [1.807, 2.05) is 11.4 Å². The summed E-state index contributed by atoms with van der Waals surface area (Å²) in [5, 5.41) is 3.05. The summed E-state index contributed by atoms with van der Waals surface area (Å²) in [5.74, 6) is -0.505. The average molecular weight is 319 g/mol. The summed E-state index contributed by atoms with van der Waals surface area (Å²) in [5.41, 5.74) is 6.84. The maximum absolute atomic E-state index is 11.3. The molecule has 2 heterocycles. The molecule has 84 valence electrons. The zero-order valence-electron chi connectivity index (χ0n) is 8.19. The molecule has 4 nitrogen and oxygen atoms in total. The van der Waals surface area contributed by atoms with Crippen molar-refractivity contribution in [3.63, 3.8) is 0 Å². The molecule has 0 aromatic carbocycles. The second-order valence-electron chi connectivity index (χ2n) is 2.86. The zero-order valence-corrected chi connectivity index (χ0v) is 11.4. The van der Waals surface area contributed by atoms with E-state index in [0.29, 0.717) is 5.00 Å². The molecule has 0 amide bonds. The van der Waals surface area contributed by atoms with Gasteiger partial charge in [-0.15, -0.1) is 11.3 Å². The number of rotatable bonds is 2. The van der Waals surface area contributed by atoms with E-state index < -0.39 is 5.97 Å². The number of thiazole rings is 1. The maximum atomic E-state index is 11.3. The molecule has 2 aromatic rings. The van der Waals surface area contributed by atoms with Crippen molar-refractivity contribution >= 4 is 49.6 Å². The van der Waals surface area contributed by atoms with Gasteiger partial charge in [0.25, 0.3) is 0 Å². The molecule has 0 aliphatic carbocycles. The second-order valence-corrected chi connectivity index (χ2v) is 6.18.